The molecule has 1 aliphatic heterocycles. The minimum Gasteiger partial charge on any atom is -0.368 e. The van der Waals surface area contributed by atoms with Gasteiger partial charge in [0, 0.05) is 49.1 Å². The second kappa shape index (κ2) is 8.26. The fourth-order valence-electron chi connectivity index (χ4n) is 3.17. The van der Waals surface area contributed by atoms with Gasteiger partial charge < -0.3 is 14.7 Å². The van der Waals surface area contributed by atoms with Crippen molar-refractivity contribution in [2.45, 2.75) is 6.92 Å². The van der Waals surface area contributed by atoms with Gasteiger partial charge in [-0.25, -0.2) is 0 Å². The Hall–Kier alpha value is -2.20. The lowest BCUT2D eigenvalue weighted by atomic mass is 10.2. The molecule has 4 nitrogen and oxygen atoms in total. The maximum absolute atomic E-state index is 12.7. The van der Waals surface area contributed by atoms with E-state index < -0.39 is 0 Å². The van der Waals surface area contributed by atoms with Crippen molar-refractivity contribution in [3.05, 3.63) is 59.6 Å². The van der Waals surface area contributed by atoms with Crippen LogP contribution in [-0.4, -0.2) is 50.1 Å². The molecule has 25 heavy (non-hydrogen) atoms. The molecule has 0 spiro atoms. The smallest absolute Gasteiger partial charge is 0.242 e. The number of anilines is 2. The molecule has 0 bridgehead atoms. The summed E-state index contributed by atoms with van der Waals surface area (Å²) in [6.45, 7) is 6.50. The monoisotopic (exact) mass is 357 g/mol. The Morgan fingerprint density at radius 1 is 1.04 bits per heavy atom. The van der Waals surface area contributed by atoms with E-state index in [9.17, 15) is 4.79 Å². The summed E-state index contributed by atoms with van der Waals surface area (Å²) in [4.78, 5) is 19.0. The van der Waals surface area contributed by atoms with Crippen LogP contribution in [0.5, 0.6) is 0 Å². The molecule has 1 fully saturated rings. The Bertz CT molecular complexity index is 699. The van der Waals surface area contributed by atoms with Crippen molar-refractivity contribution in [3.63, 3.8) is 0 Å². The van der Waals surface area contributed by atoms with Crippen molar-refractivity contribution in [2.75, 3.05) is 49.1 Å². The van der Waals surface area contributed by atoms with Gasteiger partial charge in [0.2, 0.25) is 5.91 Å². The Morgan fingerprint density at radius 2 is 1.76 bits per heavy atom. The molecule has 0 N–H and O–H groups in total. The minimum atomic E-state index is 0.191. The lowest BCUT2D eigenvalue weighted by Crippen LogP contribution is -2.51. The molecule has 0 saturated carbocycles. The molecule has 0 aliphatic carbocycles. The molecule has 0 unspecified atom stereocenters. The summed E-state index contributed by atoms with van der Waals surface area (Å²) in [5.74, 6) is 0.191. The van der Waals surface area contributed by atoms with E-state index in [1.54, 1.807) is 0 Å². The highest BCUT2D eigenvalue weighted by Crippen LogP contribution is 2.21. The van der Waals surface area contributed by atoms with E-state index in [1.165, 1.54) is 0 Å². The van der Waals surface area contributed by atoms with Crippen LogP contribution >= 0.6 is 11.6 Å². The van der Waals surface area contributed by atoms with Crippen LogP contribution in [0.4, 0.5) is 11.4 Å². The van der Waals surface area contributed by atoms with E-state index in [0.29, 0.717) is 6.54 Å². The number of benzene rings is 2. The van der Waals surface area contributed by atoms with Crippen LogP contribution in [0.15, 0.2) is 54.6 Å². The minimum absolute atomic E-state index is 0.191. The third-order valence-corrected chi connectivity index (χ3v) is 4.87. The third-order valence-electron chi connectivity index (χ3n) is 4.63. The molecule has 1 heterocycles. The lowest BCUT2D eigenvalue weighted by molar-refractivity contribution is -0.130. The first-order chi connectivity index (χ1) is 12.2. The van der Waals surface area contributed by atoms with Gasteiger partial charge in [-0.1, -0.05) is 35.9 Å². The van der Waals surface area contributed by atoms with Crippen LogP contribution < -0.4 is 9.80 Å². The first kappa shape index (κ1) is 17.6. The average molecular weight is 358 g/mol. The number of likely N-dealkylation sites (N-methyl/N-ethyl adjacent to an activating group) is 1. The second-order valence-corrected chi connectivity index (χ2v) is 6.63. The highest BCUT2D eigenvalue weighted by molar-refractivity contribution is 6.30. The van der Waals surface area contributed by atoms with E-state index in [4.69, 9.17) is 11.6 Å². The fraction of sp³-hybridized carbons (Fsp3) is 0.350. The zero-order valence-electron chi connectivity index (χ0n) is 14.6. The van der Waals surface area contributed by atoms with Crippen molar-refractivity contribution >= 4 is 28.9 Å². The SMILES string of the molecule is CCN(CC(=O)N1CCN(c2cccc(Cl)c2)CC1)c1ccccc1. The number of amides is 1. The Balaban J connectivity index is 1.56. The van der Waals surface area contributed by atoms with Gasteiger partial charge in [-0.2, -0.15) is 0 Å². The highest BCUT2D eigenvalue weighted by atomic mass is 35.5. The van der Waals surface area contributed by atoms with Crippen LogP contribution in [0.3, 0.4) is 0 Å². The molecule has 2 aromatic rings. The molecule has 1 saturated heterocycles. The van der Waals surface area contributed by atoms with Gasteiger partial charge in [0.15, 0.2) is 0 Å². The van der Waals surface area contributed by atoms with Gasteiger partial charge in [0.05, 0.1) is 6.54 Å². The lowest BCUT2D eigenvalue weighted by Gasteiger charge is -2.37. The fourth-order valence-corrected chi connectivity index (χ4v) is 3.36. The first-order valence-electron chi connectivity index (χ1n) is 8.75. The Labute approximate surface area is 154 Å². The number of nitrogens with zero attached hydrogens (tertiary/aromatic N) is 3. The van der Waals surface area contributed by atoms with E-state index >= 15 is 0 Å². The van der Waals surface area contributed by atoms with E-state index in [2.05, 4.69) is 22.8 Å². The number of hydrogen-bond acceptors (Lipinski definition) is 3. The predicted molar refractivity (Wildman–Crippen MR) is 105 cm³/mol. The van der Waals surface area contributed by atoms with Crippen LogP contribution in [0.1, 0.15) is 6.92 Å². The topological polar surface area (TPSA) is 26.8 Å². The summed E-state index contributed by atoms with van der Waals surface area (Å²) in [5.41, 5.74) is 2.22. The predicted octanol–water partition coefficient (Wildman–Crippen LogP) is 3.52. The molecule has 0 radical (unpaired) electrons. The summed E-state index contributed by atoms with van der Waals surface area (Å²) >= 11 is 6.08. The zero-order valence-corrected chi connectivity index (χ0v) is 15.3. The van der Waals surface area contributed by atoms with E-state index in [1.807, 2.05) is 53.4 Å². The van der Waals surface area contributed by atoms with Gasteiger partial charge in [0.25, 0.3) is 0 Å². The molecule has 0 atom stereocenters. The molecule has 5 heteroatoms. The number of carbonyl (C=O) groups excluding carboxylic acids is 1. The van der Waals surface area contributed by atoms with Gasteiger partial charge in [0.1, 0.15) is 0 Å². The van der Waals surface area contributed by atoms with Crippen LogP contribution in [0, 0.1) is 0 Å². The van der Waals surface area contributed by atoms with E-state index in [0.717, 1.165) is 49.1 Å². The van der Waals surface area contributed by atoms with Gasteiger partial charge >= 0.3 is 0 Å². The van der Waals surface area contributed by atoms with Crippen LogP contribution in [0.25, 0.3) is 0 Å². The number of rotatable bonds is 5. The Kier molecular flexibility index (Phi) is 5.82. The van der Waals surface area contributed by atoms with E-state index in [-0.39, 0.29) is 5.91 Å². The zero-order chi connectivity index (χ0) is 17.6. The standard InChI is InChI=1S/C20H24ClN3O/c1-2-22(18-8-4-3-5-9-18)16-20(25)24-13-11-23(12-14-24)19-10-6-7-17(21)15-19/h3-10,15H,2,11-14,16H2,1H3. The number of piperazine rings is 1. The summed E-state index contributed by atoms with van der Waals surface area (Å²) in [7, 11) is 0. The second-order valence-electron chi connectivity index (χ2n) is 6.20. The quantitative estimate of drug-likeness (QED) is 0.819. The normalized spacial score (nSPS) is 14.5. The van der Waals surface area contributed by atoms with Gasteiger partial charge in [-0.15, -0.1) is 0 Å². The van der Waals surface area contributed by atoms with Crippen molar-refractivity contribution in [2.24, 2.45) is 0 Å². The molecule has 132 valence electrons. The Morgan fingerprint density at radius 3 is 2.40 bits per heavy atom. The summed E-state index contributed by atoms with van der Waals surface area (Å²) in [6, 6.07) is 18.0. The molecule has 3 rings (SSSR count). The van der Waals surface area contributed by atoms with Crippen molar-refractivity contribution < 1.29 is 4.79 Å². The largest absolute Gasteiger partial charge is 0.368 e. The molecule has 1 amide bonds. The molecule has 0 aromatic heterocycles. The van der Waals surface area contributed by atoms with Gasteiger partial charge in [-0.3, -0.25) is 4.79 Å². The number of carbonyl (C=O) groups is 1. The molecule has 2 aromatic carbocycles. The van der Waals surface area contributed by atoms with Crippen LogP contribution in [0.2, 0.25) is 5.02 Å². The average Bonchev–Trinajstić information content (AvgIpc) is 2.67. The summed E-state index contributed by atoms with van der Waals surface area (Å²) < 4.78 is 0. The van der Waals surface area contributed by atoms with Crippen molar-refractivity contribution in [1.82, 2.24) is 4.90 Å². The van der Waals surface area contributed by atoms with Gasteiger partial charge in [-0.05, 0) is 37.3 Å². The first-order valence-corrected chi connectivity index (χ1v) is 9.13. The molecule has 1 aliphatic rings. The molecular formula is C20H24ClN3O. The van der Waals surface area contributed by atoms with Crippen LogP contribution in [-0.2, 0) is 4.79 Å². The number of hydrogen-bond donors (Lipinski definition) is 0. The third kappa shape index (κ3) is 4.45. The highest BCUT2D eigenvalue weighted by Gasteiger charge is 2.22. The maximum Gasteiger partial charge on any atom is 0.242 e. The van der Waals surface area contributed by atoms with Crippen molar-refractivity contribution in [3.8, 4) is 0 Å². The number of halogens is 1. The number of para-hydroxylation sites is 1. The summed E-state index contributed by atoms with van der Waals surface area (Å²) in [5, 5.41) is 0.748. The molecular weight excluding hydrogens is 334 g/mol. The maximum atomic E-state index is 12.7. The van der Waals surface area contributed by atoms with Crippen molar-refractivity contribution in [1.29, 1.82) is 0 Å². The summed E-state index contributed by atoms with van der Waals surface area (Å²) in [6.07, 6.45) is 0.